The van der Waals surface area contributed by atoms with E-state index in [4.69, 9.17) is 26.2 Å². The Morgan fingerprint density at radius 2 is 2.17 bits per heavy atom. The number of halogens is 1. The molecule has 2 heterocycles. The number of fused-ring (bicyclic) bond motifs is 1. The van der Waals surface area contributed by atoms with Gasteiger partial charge in [0.1, 0.15) is 6.26 Å². The van der Waals surface area contributed by atoms with Gasteiger partial charge in [0.15, 0.2) is 17.1 Å². The average Bonchev–Trinajstić information content (AvgIpc) is 2.72. The highest BCUT2D eigenvalue weighted by Crippen LogP contribution is 2.31. The smallest absolute Gasteiger partial charge is 0.197 e. The summed E-state index contributed by atoms with van der Waals surface area (Å²) in [5, 5.41) is 9.08. The first-order chi connectivity index (χ1) is 8.67. The lowest BCUT2D eigenvalue weighted by Crippen LogP contribution is -2.27. The van der Waals surface area contributed by atoms with E-state index in [0.717, 1.165) is 17.4 Å². The van der Waals surface area contributed by atoms with Crippen LogP contribution in [0.5, 0.6) is 0 Å². The molecular weight excluding hydrogens is 318 g/mol. The third-order valence-electron chi connectivity index (χ3n) is 2.56. The molecule has 0 aliphatic heterocycles. The number of aliphatic hydroxyl groups excluding tert-OH is 1. The molecule has 98 valence electrons. The van der Waals surface area contributed by atoms with Gasteiger partial charge in [-0.1, -0.05) is 19.1 Å². The molecular formula is C12H14BrNO3S. The second-order valence-corrected chi connectivity index (χ2v) is 5.20. The summed E-state index contributed by atoms with van der Waals surface area (Å²) in [5.74, 6) is 0.658. The van der Waals surface area contributed by atoms with Crippen LogP contribution in [0.2, 0.25) is 0 Å². The Balaban J connectivity index is 2.49. The molecule has 2 rings (SSSR count). The molecule has 0 fully saturated rings. The summed E-state index contributed by atoms with van der Waals surface area (Å²) < 4.78 is 12.5. The number of aliphatic hydroxyl groups is 1. The summed E-state index contributed by atoms with van der Waals surface area (Å²) in [6.45, 7) is 3.48. The van der Waals surface area contributed by atoms with E-state index in [-0.39, 0.29) is 6.61 Å². The van der Waals surface area contributed by atoms with Crippen molar-refractivity contribution in [2.45, 2.75) is 13.3 Å². The van der Waals surface area contributed by atoms with Gasteiger partial charge < -0.3 is 18.8 Å². The maximum absolute atomic E-state index is 9.08. The molecule has 0 atom stereocenters. The highest BCUT2D eigenvalue weighted by molar-refractivity contribution is 9.10. The molecule has 0 aromatic carbocycles. The van der Waals surface area contributed by atoms with Gasteiger partial charge in [0.2, 0.25) is 0 Å². The van der Waals surface area contributed by atoms with Gasteiger partial charge in [-0.2, -0.15) is 0 Å². The van der Waals surface area contributed by atoms with E-state index in [1.54, 1.807) is 12.3 Å². The Labute approximate surface area is 118 Å². The van der Waals surface area contributed by atoms with Gasteiger partial charge in [-0.05, 0) is 22.4 Å². The molecule has 4 nitrogen and oxygen atoms in total. The van der Waals surface area contributed by atoms with E-state index in [0.29, 0.717) is 28.1 Å². The molecule has 0 unspecified atom stereocenters. The topological polar surface area (TPSA) is 49.8 Å². The fourth-order valence-electron chi connectivity index (χ4n) is 1.78. The highest BCUT2D eigenvalue weighted by atomic mass is 79.9. The third kappa shape index (κ3) is 2.60. The van der Waals surface area contributed by atoms with Crippen molar-refractivity contribution in [2.24, 2.45) is 0 Å². The summed E-state index contributed by atoms with van der Waals surface area (Å²) in [6, 6.07) is 1.76. The van der Waals surface area contributed by atoms with Gasteiger partial charge >= 0.3 is 0 Å². The zero-order chi connectivity index (χ0) is 13.1. The highest BCUT2D eigenvalue weighted by Gasteiger charge is 2.13. The van der Waals surface area contributed by atoms with Gasteiger partial charge in [-0.15, -0.1) is 0 Å². The van der Waals surface area contributed by atoms with Crippen LogP contribution in [0.25, 0.3) is 11.2 Å². The number of hydrogen-bond acceptors (Lipinski definition) is 5. The number of furan rings is 1. The van der Waals surface area contributed by atoms with Crippen LogP contribution in [0.1, 0.15) is 13.3 Å². The van der Waals surface area contributed by atoms with Gasteiger partial charge in [0.05, 0.1) is 15.6 Å². The molecule has 0 bridgehead atoms. The van der Waals surface area contributed by atoms with Crippen molar-refractivity contribution in [1.82, 2.24) is 0 Å². The second-order valence-electron chi connectivity index (χ2n) is 3.90. The minimum absolute atomic E-state index is 0.0763. The van der Waals surface area contributed by atoms with Crippen LogP contribution in [0.4, 0.5) is 5.88 Å². The SMILES string of the molecule is CCCN(CCO)c1cc(=S)c2occ(Br)c2o1. The van der Waals surface area contributed by atoms with Crippen molar-refractivity contribution in [3.63, 3.8) is 0 Å². The number of nitrogens with zero attached hydrogens (tertiary/aromatic N) is 1. The molecule has 2 aromatic rings. The normalized spacial score (nSPS) is 11.1. The van der Waals surface area contributed by atoms with Crippen LogP contribution in [-0.4, -0.2) is 24.8 Å². The van der Waals surface area contributed by atoms with Crippen LogP contribution in [0.15, 0.2) is 25.6 Å². The lowest BCUT2D eigenvalue weighted by Gasteiger charge is -2.21. The molecule has 1 N–H and O–H groups in total. The predicted molar refractivity (Wildman–Crippen MR) is 76.6 cm³/mol. The summed E-state index contributed by atoms with van der Waals surface area (Å²) in [7, 11) is 0. The Morgan fingerprint density at radius 1 is 1.39 bits per heavy atom. The Kier molecular flexibility index (Phi) is 4.42. The minimum atomic E-state index is 0.0763. The van der Waals surface area contributed by atoms with Crippen LogP contribution >= 0.6 is 28.1 Å². The molecule has 0 saturated heterocycles. The standard InChI is InChI=1S/C12H14BrNO3S/c1-2-3-14(4-5-15)10-6-9(18)12-11(17-10)8(13)7-16-12/h6-7,15H,2-5H2,1H3. The average molecular weight is 332 g/mol. The van der Waals surface area contributed by atoms with Gasteiger partial charge in [0, 0.05) is 19.2 Å². The summed E-state index contributed by atoms with van der Waals surface area (Å²) in [5.41, 5.74) is 1.18. The maximum Gasteiger partial charge on any atom is 0.197 e. The first kappa shape index (κ1) is 13.6. The summed E-state index contributed by atoms with van der Waals surface area (Å²) in [6.07, 6.45) is 2.52. The van der Waals surface area contributed by atoms with E-state index in [2.05, 4.69) is 22.9 Å². The van der Waals surface area contributed by atoms with Gasteiger partial charge in [-0.25, -0.2) is 0 Å². The van der Waals surface area contributed by atoms with Gasteiger partial charge in [0.25, 0.3) is 0 Å². The van der Waals surface area contributed by atoms with E-state index in [1.807, 2.05) is 4.90 Å². The Hall–Kier alpha value is -0.850. The minimum Gasteiger partial charge on any atom is -0.458 e. The molecule has 0 spiro atoms. The molecule has 0 radical (unpaired) electrons. The van der Waals surface area contributed by atoms with Crippen LogP contribution < -0.4 is 4.90 Å². The first-order valence-electron chi connectivity index (χ1n) is 5.74. The summed E-state index contributed by atoms with van der Waals surface area (Å²) >= 11 is 8.64. The fourth-order valence-corrected chi connectivity index (χ4v) is 2.38. The molecule has 0 aliphatic carbocycles. The largest absolute Gasteiger partial charge is 0.458 e. The Morgan fingerprint density at radius 3 is 2.83 bits per heavy atom. The molecule has 0 saturated carbocycles. The van der Waals surface area contributed by atoms with Gasteiger partial charge in [-0.3, -0.25) is 0 Å². The van der Waals surface area contributed by atoms with Crippen LogP contribution in [0.3, 0.4) is 0 Å². The molecule has 2 aromatic heterocycles. The predicted octanol–water partition coefficient (Wildman–Crippen LogP) is 3.73. The van der Waals surface area contributed by atoms with Crippen LogP contribution in [-0.2, 0) is 0 Å². The summed E-state index contributed by atoms with van der Waals surface area (Å²) in [4.78, 5) is 1.97. The van der Waals surface area contributed by atoms with E-state index in [9.17, 15) is 0 Å². The van der Waals surface area contributed by atoms with E-state index in [1.165, 1.54) is 0 Å². The second kappa shape index (κ2) is 5.86. The Bertz CT molecular complexity index is 587. The maximum atomic E-state index is 9.08. The fraction of sp³-hybridized carbons (Fsp3) is 0.417. The van der Waals surface area contributed by atoms with Crippen molar-refractivity contribution < 1.29 is 13.9 Å². The number of anilines is 1. The lowest BCUT2D eigenvalue weighted by molar-refractivity contribution is 0.299. The van der Waals surface area contributed by atoms with E-state index >= 15 is 0 Å². The molecule has 0 aliphatic rings. The van der Waals surface area contributed by atoms with Crippen molar-refractivity contribution in [3.05, 3.63) is 21.3 Å². The first-order valence-corrected chi connectivity index (χ1v) is 6.94. The molecule has 18 heavy (non-hydrogen) atoms. The molecule has 0 amide bonds. The monoisotopic (exact) mass is 331 g/mol. The number of hydrogen-bond donors (Lipinski definition) is 1. The van der Waals surface area contributed by atoms with E-state index < -0.39 is 0 Å². The quantitative estimate of drug-likeness (QED) is 0.846. The molecule has 6 heteroatoms. The third-order valence-corrected chi connectivity index (χ3v) is 3.41. The zero-order valence-corrected chi connectivity index (χ0v) is 12.4. The van der Waals surface area contributed by atoms with Crippen molar-refractivity contribution in [2.75, 3.05) is 24.6 Å². The van der Waals surface area contributed by atoms with Crippen molar-refractivity contribution in [3.8, 4) is 0 Å². The van der Waals surface area contributed by atoms with Crippen molar-refractivity contribution in [1.29, 1.82) is 0 Å². The number of rotatable bonds is 5. The zero-order valence-electron chi connectivity index (χ0n) is 9.98. The lowest BCUT2D eigenvalue weighted by atomic mass is 10.3. The van der Waals surface area contributed by atoms with Crippen molar-refractivity contribution >= 4 is 45.2 Å². The van der Waals surface area contributed by atoms with Crippen LogP contribution in [0, 0.1) is 4.51 Å².